The smallest absolute Gasteiger partial charge is 0.157 e. The Labute approximate surface area is 184 Å². The molecular formula is C27H46O3. The predicted octanol–water partition coefficient (Wildman–Crippen LogP) is 6.33. The predicted molar refractivity (Wildman–Crippen MR) is 120 cm³/mol. The average molecular weight is 419 g/mol. The van der Waals surface area contributed by atoms with Gasteiger partial charge in [-0.2, -0.15) is 0 Å². The lowest BCUT2D eigenvalue weighted by molar-refractivity contribution is -0.226. The largest absolute Gasteiger partial charge is 0.390 e. The summed E-state index contributed by atoms with van der Waals surface area (Å²) in [5.41, 5.74) is 0.376. The molecule has 172 valence electrons. The summed E-state index contributed by atoms with van der Waals surface area (Å²) in [6.07, 6.45) is 16.4. The molecule has 0 aromatic carbocycles. The van der Waals surface area contributed by atoms with Crippen LogP contribution in [0.5, 0.6) is 0 Å². The van der Waals surface area contributed by atoms with Crippen LogP contribution in [0.2, 0.25) is 0 Å². The first kappa shape index (κ1) is 21.7. The highest BCUT2D eigenvalue weighted by Gasteiger charge is 2.62. The molecule has 1 heterocycles. The third-order valence-corrected chi connectivity index (χ3v) is 11.0. The van der Waals surface area contributed by atoms with Gasteiger partial charge in [0, 0.05) is 6.61 Å². The topological polar surface area (TPSA) is 38.7 Å². The fourth-order valence-corrected chi connectivity index (χ4v) is 9.38. The van der Waals surface area contributed by atoms with E-state index in [2.05, 4.69) is 20.8 Å². The molecule has 0 spiro atoms. The van der Waals surface area contributed by atoms with Crippen molar-refractivity contribution in [2.75, 3.05) is 13.2 Å². The highest BCUT2D eigenvalue weighted by atomic mass is 16.7. The van der Waals surface area contributed by atoms with Crippen LogP contribution in [-0.4, -0.2) is 30.2 Å². The third-order valence-electron chi connectivity index (χ3n) is 11.0. The monoisotopic (exact) mass is 418 g/mol. The molecule has 5 rings (SSSR count). The normalized spacial score (nSPS) is 53.6. The lowest BCUT2D eigenvalue weighted by Crippen LogP contribution is -2.58. The average Bonchev–Trinajstić information content (AvgIpc) is 3.09. The van der Waals surface area contributed by atoms with Crippen LogP contribution in [0, 0.1) is 40.4 Å². The third kappa shape index (κ3) is 3.50. The van der Waals surface area contributed by atoms with Crippen molar-refractivity contribution in [1.82, 2.24) is 0 Å². The van der Waals surface area contributed by atoms with Crippen molar-refractivity contribution in [3.63, 3.8) is 0 Å². The minimum absolute atomic E-state index is 0.0152. The fraction of sp³-hybridized carbons (Fsp3) is 1.00. The van der Waals surface area contributed by atoms with Crippen LogP contribution < -0.4 is 0 Å². The second-order valence-corrected chi connectivity index (χ2v) is 12.4. The van der Waals surface area contributed by atoms with Gasteiger partial charge < -0.3 is 14.6 Å². The van der Waals surface area contributed by atoms with E-state index in [0.29, 0.717) is 11.3 Å². The first-order chi connectivity index (χ1) is 14.4. The summed E-state index contributed by atoms with van der Waals surface area (Å²) in [6, 6.07) is 0. The molecular weight excluding hydrogens is 372 g/mol. The van der Waals surface area contributed by atoms with Crippen molar-refractivity contribution in [1.29, 1.82) is 0 Å². The summed E-state index contributed by atoms with van der Waals surface area (Å²) in [5.74, 6) is 4.17. The summed E-state index contributed by atoms with van der Waals surface area (Å²) in [4.78, 5) is 0. The van der Waals surface area contributed by atoms with E-state index in [4.69, 9.17) is 9.47 Å². The van der Waals surface area contributed by atoms with E-state index in [0.717, 1.165) is 62.6 Å². The Hall–Kier alpha value is -0.120. The van der Waals surface area contributed by atoms with Crippen molar-refractivity contribution in [2.45, 2.75) is 116 Å². The van der Waals surface area contributed by atoms with Gasteiger partial charge in [-0.25, -0.2) is 0 Å². The van der Waals surface area contributed by atoms with Crippen molar-refractivity contribution in [2.24, 2.45) is 40.4 Å². The van der Waals surface area contributed by atoms with Gasteiger partial charge in [0.05, 0.1) is 12.2 Å². The van der Waals surface area contributed by atoms with Gasteiger partial charge >= 0.3 is 0 Å². The van der Waals surface area contributed by atoms with Crippen LogP contribution in [0.4, 0.5) is 0 Å². The molecule has 4 saturated carbocycles. The van der Waals surface area contributed by atoms with Crippen molar-refractivity contribution in [3.05, 3.63) is 0 Å². The highest BCUT2D eigenvalue weighted by Crippen LogP contribution is 2.68. The first-order valence-electron chi connectivity index (χ1n) is 13.3. The van der Waals surface area contributed by atoms with E-state index in [-0.39, 0.29) is 11.7 Å². The van der Waals surface area contributed by atoms with E-state index in [1.54, 1.807) is 0 Å². The zero-order chi connectivity index (χ0) is 21.0. The summed E-state index contributed by atoms with van der Waals surface area (Å²) in [7, 11) is 0. The van der Waals surface area contributed by atoms with Crippen molar-refractivity contribution >= 4 is 0 Å². The van der Waals surface area contributed by atoms with Gasteiger partial charge in [-0.05, 0) is 124 Å². The molecule has 1 saturated heterocycles. The Bertz CT molecular complexity index is 611. The molecule has 1 unspecified atom stereocenters. The van der Waals surface area contributed by atoms with Crippen molar-refractivity contribution < 1.29 is 14.6 Å². The molecule has 9 atom stereocenters. The maximum Gasteiger partial charge on any atom is 0.157 e. The minimum Gasteiger partial charge on any atom is -0.390 e. The zero-order valence-corrected chi connectivity index (χ0v) is 19.8. The summed E-state index contributed by atoms with van der Waals surface area (Å²) in [6.45, 7) is 8.88. The second kappa shape index (κ2) is 8.03. The van der Waals surface area contributed by atoms with Crippen LogP contribution in [-0.2, 0) is 9.47 Å². The Balaban J connectivity index is 1.40. The van der Waals surface area contributed by atoms with Gasteiger partial charge in [-0.3, -0.25) is 0 Å². The number of hydrogen-bond donors (Lipinski definition) is 1. The number of ether oxygens (including phenoxy) is 2. The molecule has 30 heavy (non-hydrogen) atoms. The minimum atomic E-state index is -0.480. The van der Waals surface area contributed by atoms with Gasteiger partial charge in [0.25, 0.3) is 0 Å². The Kier molecular flexibility index (Phi) is 5.81. The Morgan fingerprint density at radius 2 is 1.80 bits per heavy atom. The summed E-state index contributed by atoms with van der Waals surface area (Å²) in [5, 5.41) is 10.9. The van der Waals surface area contributed by atoms with Gasteiger partial charge in [0.2, 0.25) is 0 Å². The molecule has 0 aromatic heterocycles. The first-order valence-corrected chi connectivity index (χ1v) is 13.3. The molecule has 3 nitrogen and oxygen atoms in total. The molecule has 0 bridgehead atoms. The number of aliphatic hydroxyl groups is 1. The fourth-order valence-electron chi connectivity index (χ4n) is 9.38. The van der Waals surface area contributed by atoms with E-state index in [1.807, 2.05) is 0 Å². The molecule has 0 amide bonds. The lowest BCUT2D eigenvalue weighted by atomic mass is 9.43. The van der Waals surface area contributed by atoms with E-state index in [1.165, 1.54) is 57.8 Å². The summed E-state index contributed by atoms with van der Waals surface area (Å²) < 4.78 is 12.5. The SMILES string of the molecule is CC[C@H]1CC[C@H]2[C@@H]3CC[C@H]4C[C@](C)(O)CC[C@]4(COC4CCCCO4)[C@H]3CC[C@]12C. The summed E-state index contributed by atoms with van der Waals surface area (Å²) >= 11 is 0. The van der Waals surface area contributed by atoms with Crippen LogP contribution in [0.15, 0.2) is 0 Å². The van der Waals surface area contributed by atoms with Gasteiger partial charge in [-0.1, -0.05) is 20.3 Å². The van der Waals surface area contributed by atoms with Crippen LogP contribution in [0.3, 0.4) is 0 Å². The van der Waals surface area contributed by atoms with Gasteiger partial charge in [0.15, 0.2) is 6.29 Å². The number of hydrogen-bond acceptors (Lipinski definition) is 3. The number of rotatable bonds is 4. The molecule has 4 aliphatic carbocycles. The maximum absolute atomic E-state index is 10.9. The molecule has 3 heteroatoms. The Morgan fingerprint density at radius 3 is 2.57 bits per heavy atom. The molecule has 0 aromatic rings. The molecule has 1 aliphatic heterocycles. The highest BCUT2D eigenvalue weighted by molar-refractivity contribution is 5.11. The molecule has 0 radical (unpaired) electrons. The van der Waals surface area contributed by atoms with Crippen LogP contribution in [0.25, 0.3) is 0 Å². The lowest BCUT2D eigenvalue weighted by Gasteiger charge is -2.63. The van der Waals surface area contributed by atoms with Gasteiger partial charge in [0.1, 0.15) is 0 Å². The maximum atomic E-state index is 10.9. The van der Waals surface area contributed by atoms with Gasteiger partial charge in [-0.15, -0.1) is 0 Å². The number of fused-ring (bicyclic) bond motifs is 5. The van der Waals surface area contributed by atoms with E-state index >= 15 is 0 Å². The zero-order valence-electron chi connectivity index (χ0n) is 19.8. The van der Waals surface area contributed by atoms with Crippen LogP contribution in [0.1, 0.15) is 104 Å². The molecule has 5 aliphatic rings. The van der Waals surface area contributed by atoms with Crippen molar-refractivity contribution in [3.8, 4) is 0 Å². The molecule has 5 fully saturated rings. The Morgan fingerprint density at radius 1 is 0.933 bits per heavy atom. The standard InChI is InChI=1S/C27H46O3/c1-4-19-9-11-22-21-10-8-20-17-25(2,28)14-15-27(20,23(21)12-13-26(19,22)3)18-30-24-7-5-6-16-29-24/h19-24,28H,4-18H2,1-3H3/t19-,20-,21-,22-,23-,24?,25+,26+,27+/m0/s1. The van der Waals surface area contributed by atoms with Crippen LogP contribution >= 0.6 is 0 Å². The quantitative estimate of drug-likeness (QED) is 0.580. The van der Waals surface area contributed by atoms with E-state index in [9.17, 15) is 5.11 Å². The second-order valence-electron chi connectivity index (χ2n) is 12.4. The van der Waals surface area contributed by atoms with E-state index < -0.39 is 5.60 Å². The molecule has 1 N–H and O–H groups in total.